The second kappa shape index (κ2) is 8.79. The average Bonchev–Trinajstić information content (AvgIpc) is 3.07. The summed E-state index contributed by atoms with van der Waals surface area (Å²) in [7, 11) is 0. The molecular weight excluding hydrogens is 415 g/mol. The molecule has 1 aromatic carbocycles. The van der Waals surface area contributed by atoms with Crippen LogP contribution < -0.4 is 0 Å². The van der Waals surface area contributed by atoms with Crippen LogP contribution in [0.3, 0.4) is 0 Å². The summed E-state index contributed by atoms with van der Waals surface area (Å²) in [5, 5.41) is 1.93. The number of imidazole rings is 1. The lowest BCUT2D eigenvalue weighted by Gasteiger charge is -2.39. The Bertz CT molecular complexity index is 675. The van der Waals surface area contributed by atoms with Gasteiger partial charge >= 0.3 is 0 Å². The van der Waals surface area contributed by atoms with E-state index in [1.165, 1.54) is 11.5 Å². The Morgan fingerprint density at radius 1 is 1.20 bits per heavy atom. The third-order valence-electron chi connectivity index (χ3n) is 4.35. The summed E-state index contributed by atoms with van der Waals surface area (Å²) in [4.78, 5) is 4.12. The number of aryl methyl sites for hydroxylation is 1. The maximum absolute atomic E-state index is 6.46. The molecule has 0 amide bonds. The van der Waals surface area contributed by atoms with Crippen molar-refractivity contribution in [3.8, 4) is 0 Å². The van der Waals surface area contributed by atoms with E-state index in [1.54, 1.807) is 12.1 Å². The molecule has 2 nitrogen and oxygen atoms in total. The molecule has 136 valence electrons. The largest absolute Gasteiger partial charge is 0.337 e. The first-order valence-electron chi connectivity index (χ1n) is 8.34. The monoisotopic (exact) mass is 434 g/mol. The van der Waals surface area contributed by atoms with Crippen LogP contribution >= 0.6 is 58.3 Å². The Hall–Kier alpha value is -0.0000000000000000555. The quantitative estimate of drug-likeness (QED) is 0.504. The van der Waals surface area contributed by atoms with E-state index in [4.69, 9.17) is 34.8 Å². The van der Waals surface area contributed by atoms with Gasteiger partial charge in [-0.3, -0.25) is 0 Å². The molecule has 0 unspecified atom stereocenters. The van der Waals surface area contributed by atoms with Gasteiger partial charge in [-0.15, -0.1) is 23.5 Å². The predicted molar refractivity (Wildman–Crippen MR) is 113 cm³/mol. The van der Waals surface area contributed by atoms with Crippen molar-refractivity contribution < 1.29 is 0 Å². The number of hydrogen-bond donors (Lipinski definition) is 0. The van der Waals surface area contributed by atoms with Gasteiger partial charge in [-0.1, -0.05) is 41.7 Å². The Balaban J connectivity index is 1.75. The maximum atomic E-state index is 6.46. The van der Waals surface area contributed by atoms with E-state index in [1.807, 2.05) is 18.7 Å². The highest BCUT2D eigenvalue weighted by Crippen LogP contribution is 2.50. The van der Waals surface area contributed by atoms with Crippen LogP contribution in [0, 0.1) is 5.92 Å². The van der Waals surface area contributed by atoms with Crippen LogP contribution in [-0.2, 0) is 13.0 Å². The van der Waals surface area contributed by atoms with E-state index >= 15 is 0 Å². The molecule has 0 bridgehead atoms. The molecule has 2 heterocycles. The molecule has 0 atom stereocenters. The van der Waals surface area contributed by atoms with Crippen LogP contribution in [0.1, 0.15) is 25.3 Å². The van der Waals surface area contributed by atoms with Gasteiger partial charge in [0.1, 0.15) is 0 Å². The molecule has 1 fully saturated rings. The number of benzene rings is 1. The molecule has 0 spiro atoms. The molecule has 0 aliphatic carbocycles. The van der Waals surface area contributed by atoms with E-state index in [9.17, 15) is 0 Å². The van der Waals surface area contributed by atoms with Crippen molar-refractivity contribution >= 4 is 58.3 Å². The van der Waals surface area contributed by atoms with Gasteiger partial charge in [-0.2, -0.15) is 0 Å². The summed E-state index contributed by atoms with van der Waals surface area (Å²) in [5.74, 6) is 3.11. The highest BCUT2D eigenvalue weighted by Gasteiger charge is 2.36. The van der Waals surface area contributed by atoms with E-state index in [0.29, 0.717) is 15.1 Å². The third kappa shape index (κ3) is 5.26. The Kier molecular flexibility index (Phi) is 6.95. The fraction of sp³-hybridized carbons (Fsp3) is 0.500. The third-order valence-corrected chi connectivity index (χ3v) is 9.17. The average molecular weight is 436 g/mol. The van der Waals surface area contributed by atoms with Crippen molar-refractivity contribution in [3.05, 3.63) is 51.5 Å². The Labute approximate surface area is 173 Å². The molecule has 1 aliphatic rings. The van der Waals surface area contributed by atoms with Crippen LogP contribution in [0.4, 0.5) is 0 Å². The fourth-order valence-corrected chi connectivity index (χ4v) is 7.30. The molecule has 3 rings (SSSR count). The van der Waals surface area contributed by atoms with Gasteiger partial charge in [-0.05, 0) is 54.4 Å². The van der Waals surface area contributed by atoms with E-state index in [2.05, 4.69) is 40.0 Å². The molecule has 1 aromatic heterocycles. The van der Waals surface area contributed by atoms with Crippen molar-refractivity contribution in [2.45, 2.75) is 36.8 Å². The number of aromatic nitrogens is 2. The molecule has 2 aromatic rings. The molecular formula is C18H21Cl3N2S2. The van der Waals surface area contributed by atoms with Crippen LogP contribution in [-0.4, -0.2) is 25.1 Å². The normalized spacial score (nSPS) is 23.8. The second-order valence-corrected chi connectivity index (χ2v) is 10.9. The maximum Gasteiger partial charge on any atom is 0.0945 e. The van der Waals surface area contributed by atoms with Gasteiger partial charge in [0, 0.05) is 34.0 Å². The first-order valence-corrected chi connectivity index (χ1v) is 11.4. The minimum Gasteiger partial charge on any atom is -0.337 e. The van der Waals surface area contributed by atoms with Crippen molar-refractivity contribution in [1.82, 2.24) is 9.55 Å². The molecule has 1 saturated heterocycles. The predicted octanol–water partition coefficient (Wildman–Crippen LogP) is 6.68. The number of hydrogen-bond acceptors (Lipinski definition) is 3. The lowest BCUT2D eigenvalue weighted by atomic mass is 10.1. The van der Waals surface area contributed by atoms with Gasteiger partial charge in [-0.25, -0.2) is 4.98 Å². The molecule has 25 heavy (non-hydrogen) atoms. The van der Waals surface area contributed by atoms with Gasteiger partial charge in [0.25, 0.3) is 0 Å². The Morgan fingerprint density at radius 2 is 1.88 bits per heavy atom. The fourth-order valence-electron chi connectivity index (χ4n) is 2.97. The van der Waals surface area contributed by atoms with E-state index in [0.717, 1.165) is 37.3 Å². The summed E-state index contributed by atoms with van der Waals surface area (Å²) in [6.45, 7) is 3.30. The topological polar surface area (TPSA) is 17.8 Å². The molecule has 0 N–H and O–H groups in total. The highest BCUT2D eigenvalue weighted by atomic mass is 35.5. The van der Waals surface area contributed by atoms with Gasteiger partial charge in [0.15, 0.2) is 0 Å². The van der Waals surface area contributed by atoms with Crippen LogP contribution in [0.25, 0.3) is 0 Å². The lowest BCUT2D eigenvalue weighted by molar-refractivity contribution is 0.571. The first kappa shape index (κ1) is 19.8. The summed E-state index contributed by atoms with van der Waals surface area (Å²) in [6.07, 6.45) is 8.81. The van der Waals surface area contributed by atoms with Gasteiger partial charge in [0.05, 0.1) is 10.4 Å². The van der Waals surface area contributed by atoms with Crippen molar-refractivity contribution in [2.24, 2.45) is 5.92 Å². The number of nitrogens with zero attached hydrogens (tertiary/aromatic N) is 2. The van der Waals surface area contributed by atoms with Gasteiger partial charge < -0.3 is 4.57 Å². The number of thioether (sulfide) groups is 2. The summed E-state index contributed by atoms with van der Waals surface area (Å²) in [6, 6.07) is 3.59. The summed E-state index contributed by atoms with van der Waals surface area (Å²) < 4.78 is 2.25. The highest BCUT2D eigenvalue weighted by molar-refractivity contribution is 8.18. The summed E-state index contributed by atoms with van der Waals surface area (Å²) in [5.41, 5.74) is 1.02. The zero-order valence-corrected chi connectivity index (χ0v) is 18.0. The zero-order chi connectivity index (χ0) is 17.9. The molecule has 0 saturated carbocycles. The van der Waals surface area contributed by atoms with Crippen LogP contribution in [0.5, 0.6) is 0 Å². The van der Waals surface area contributed by atoms with Crippen LogP contribution in [0.2, 0.25) is 15.1 Å². The first-order chi connectivity index (χ1) is 12.0. The van der Waals surface area contributed by atoms with Crippen molar-refractivity contribution in [1.29, 1.82) is 0 Å². The van der Waals surface area contributed by atoms with Crippen molar-refractivity contribution in [3.63, 3.8) is 0 Å². The minimum absolute atomic E-state index is 0.119. The van der Waals surface area contributed by atoms with E-state index < -0.39 is 0 Å². The smallest absolute Gasteiger partial charge is 0.0945 e. The van der Waals surface area contributed by atoms with Gasteiger partial charge in [0.2, 0.25) is 0 Å². The number of halogens is 3. The van der Waals surface area contributed by atoms with Crippen LogP contribution in [0.15, 0.2) is 30.9 Å². The van der Waals surface area contributed by atoms with E-state index in [-0.39, 0.29) is 4.08 Å². The molecule has 0 radical (unpaired) electrons. The standard InChI is InChI=1S/C18H21Cl3N2S2/c1-13-10-24-18(25-11-13,3-2-5-23-6-4-22-12-23)9-15-16(20)7-14(19)8-17(15)21/h4,6-8,12-13H,2-3,5,9-11H2,1H3. The van der Waals surface area contributed by atoms with Crippen molar-refractivity contribution in [2.75, 3.05) is 11.5 Å². The second-order valence-electron chi connectivity index (χ2n) is 6.57. The number of rotatable bonds is 6. The molecule has 1 aliphatic heterocycles. The minimum atomic E-state index is 0.119. The Morgan fingerprint density at radius 3 is 2.48 bits per heavy atom. The zero-order valence-electron chi connectivity index (χ0n) is 14.1. The summed E-state index contributed by atoms with van der Waals surface area (Å²) >= 11 is 23.1. The lowest BCUT2D eigenvalue weighted by Crippen LogP contribution is -2.31. The SMILES string of the molecule is CC1CSC(CCCn2ccnc2)(Cc2c(Cl)cc(Cl)cc2Cl)SC1. The molecule has 7 heteroatoms.